The smallest absolute Gasteiger partial charge is 0.267 e. The van der Waals surface area contributed by atoms with Crippen LogP contribution in [0.4, 0.5) is 10.1 Å². The van der Waals surface area contributed by atoms with Gasteiger partial charge in [-0.15, -0.1) is 0 Å². The number of nitrogens with zero attached hydrogens (tertiary/aromatic N) is 1. The first kappa shape index (κ1) is 18.0. The van der Waals surface area contributed by atoms with Crippen LogP contribution in [0.2, 0.25) is 0 Å². The molecule has 27 heavy (non-hydrogen) atoms. The van der Waals surface area contributed by atoms with Gasteiger partial charge in [-0.25, -0.2) is 4.39 Å². The van der Waals surface area contributed by atoms with Crippen molar-refractivity contribution in [3.8, 4) is 11.8 Å². The molecule has 6 heteroatoms. The van der Waals surface area contributed by atoms with Crippen molar-refractivity contribution in [3.63, 3.8) is 0 Å². The Balaban J connectivity index is 1.73. The number of aromatic hydroxyl groups is 1. The van der Waals surface area contributed by atoms with Crippen molar-refractivity contribution < 1.29 is 14.3 Å². The summed E-state index contributed by atoms with van der Waals surface area (Å²) in [5.41, 5.74) is 1.21. The van der Waals surface area contributed by atoms with E-state index in [9.17, 15) is 19.6 Å². The molecule has 0 bridgehead atoms. The third-order valence-electron chi connectivity index (χ3n) is 3.98. The highest BCUT2D eigenvalue weighted by atomic mass is 19.1. The Morgan fingerprint density at radius 2 is 1.78 bits per heavy atom. The molecule has 3 N–H and O–H groups in total. The van der Waals surface area contributed by atoms with Gasteiger partial charge in [0.05, 0.1) is 0 Å². The van der Waals surface area contributed by atoms with Crippen LogP contribution < -0.4 is 10.6 Å². The maximum absolute atomic E-state index is 12.9. The lowest BCUT2D eigenvalue weighted by Gasteiger charge is -2.09. The lowest BCUT2D eigenvalue weighted by Crippen LogP contribution is -2.16. The number of phenols is 1. The summed E-state index contributed by atoms with van der Waals surface area (Å²) in [7, 11) is 0. The summed E-state index contributed by atoms with van der Waals surface area (Å²) >= 11 is 0. The van der Waals surface area contributed by atoms with E-state index >= 15 is 0 Å². The summed E-state index contributed by atoms with van der Waals surface area (Å²) in [6, 6.07) is 17.9. The molecule has 0 aliphatic rings. The van der Waals surface area contributed by atoms with Crippen LogP contribution in [-0.2, 0) is 11.3 Å². The summed E-state index contributed by atoms with van der Waals surface area (Å²) < 4.78 is 12.9. The van der Waals surface area contributed by atoms with Gasteiger partial charge in [-0.1, -0.05) is 36.4 Å². The van der Waals surface area contributed by atoms with Gasteiger partial charge in [-0.05, 0) is 29.8 Å². The van der Waals surface area contributed by atoms with Crippen molar-refractivity contribution in [2.45, 2.75) is 6.54 Å². The summed E-state index contributed by atoms with van der Waals surface area (Å²) in [6.07, 6.45) is 1.32. The van der Waals surface area contributed by atoms with E-state index in [1.807, 2.05) is 6.07 Å². The molecular formula is C21H16FN3O2. The molecule has 0 heterocycles. The number of hydrogen-bond acceptors (Lipinski definition) is 4. The summed E-state index contributed by atoms with van der Waals surface area (Å²) in [5, 5.41) is 26.0. The van der Waals surface area contributed by atoms with Gasteiger partial charge >= 0.3 is 0 Å². The molecule has 5 nitrogen and oxygen atoms in total. The average molecular weight is 361 g/mol. The third-order valence-corrected chi connectivity index (χ3v) is 3.98. The van der Waals surface area contributed by atoms with Gasteiger partial charge in [0.15, 0.2) is 0 Å². The SMILES string of the molecule is N#C/C(=C/NCc1ccc(F)cc1)C(=O)Nc1cccc2c(O)cccc12. The second kappa shape index (κ2) is 8.02. The molecule has 0 radical (unpaired) electrons. The number of nitrogens with one attached hydrogen (secondary N) is 2. The van der Waals surface area contributed by atoms with E-state index in [0.717, 1.165) is 5.56 Å². The van der Waals surface area contributed by atoms with E-state index in [4.69, 9.17) is 0 Å². The number of benzene rings is 3. The minimum atomic E-state index is -0.569. The number of rotatable bonds is 5. The average Bonchev–Trinajstić information content (AvgIpc) is 2.67. The molecule has 3 rings (SSSR count). The number of fused-ring (bicyclic) bond motifs is 1. The standard InChI is InChI=1S/C21H16FN3O2/c22-16-9-7-14(8-10-16)12-24-13-15(11-23)21(27)25-19-5-1-4-18-17(19)3-2-6-20(18)26/h1-10,13,24,26H,12H2,(H,25,27)/b15-13-. The zero-order chi connectivity index (χ0) is 19.2. The molecule has 0 unspecified atom stereocenters. The molecule has 3 aromatic carbocycles. The first-order chi connectivity index (χ1) is 13.1. The van der Waals surface area contributed by atoms with Gasteiger partial charge < -0.3 is 15.7 Å². The Bertz CT molecular complexity index is 1050. The number of carbonyl (C=O) groups is 1. The number of amides is 1. The highest BCUT2D eigenvalue weighted by Gasteiger charge is 2.12. The van der Waals surface area contributed by atoms with Gasteiger partial charge in [0.1, 0.15) is 23.2 Å². The van der Waals surface area contributed by atoms with Crippen molar-refractivity contribution in [2.24, 2.45) is 0 Å². The van der Waals surface area contributed by atoms with Crippen LogP contribution in [0.3, 0.4) is 0 Å². The van der Waals surface area contributed by atoms with Gasteiger partial charge in [0.2, 0.25) is 0 Å². The van der Waals surface area contributed by atoms with E-state index in [0.29, 0.717) is 23.0 Å². The Morgan fingerprint density at radius 1 is 1.07 bits per heavy atom. The van der Waals surface area contributed by atoms with Crippen LogP contribution in [-0.4, -0.2) is 11.0 Å². The largest absolute Gasteiger partial charge is 0.507 e. The van der Waals surface area contributed by atoms with Crippen LogP contribution in [0.5, 0.6) is 5.75 Å². The quantitative estimate of drug-likeness (QED) is 0.476. The van der Waals surface area contributed by atoms with E-state index < -0.39 is 5.91 Å². The Hall–Kier alpha value is -3.85. The summed E-state index contributed by atoms with van der Waals surface area (Å²) in [5.74, 6) is -0.784. The molecule has 0 saturated carbocycles. The molecule has 0 fully saturated rings. The predicted molar refractivity (Wildman–Crippen MR) is 101 cm³/mol. The predicted octanol–water partition coefficient (Wildman–Crippen LogP) is 3.82. The molecule has 0 spiro atoms. The molecule has 0 aliphatic carbocycles. The maximum Gasteiger partial charge on any atom is 0.267 e. The lowest BCUT2D eigenvalue weighted by atomic mass is 10.1. The molecule has 1 amide bonds. The monoisotopic (exact) mass is 361 g/mol. The number of anilines is 1. The maximum atomic E-state index is 12.9. The summed E-state index contributed by atoms with van der Waals surface area (Å²) in [6.45, 7) is 0.348. The van der Waals surface area contributed by atoms with Crippen LogP contribution in [0, 0.1) is 17.1 Å². The number of nitriles is 1. The zero-order valence-electron chi connectivity index (χ0n) is 14.2. The van der Waals surface area contributed by atoms with E-state index in [-0.39, 0.29) is 17.1 Å². The number of halogens is 1. The van der Waals surface area contributed by atoms with Gasteiger partial charge in [-0.3, -0.25) is 4.79 Å². The normalized spacial score (nSPS) is 11.0. The summed E-state index contributed by atoms with van der Waals surface area (Å²) in [4.78, 5) is 12.4. The number of phenolic OH excluding ortho intramolecular Hbond substituents is 1. The Morgan fingerprint density at radius 3 is 2.52 bits per heavy atom. The molecule has 3 aromatic rings. The Kier molecular flexibility index (Phi) is 5.33. The van der Waals surface area contributed by atoms with Crippen molar-refractivity contribution in [1.82, 2.24) is 5.32 Å². The van der Waals surface area contributed by atoms with E-state index in [1.165, 1.54) is 18.3 Å². The van der Waals surface area contributed by atoms with E-state index in [2.05, 4.69) is 10.6 Å². The highest BCUT2D eigenvalue weighted by Crippen LogP contribution is 2.29. The molecular weight excluding hydrogens is 345 g/mol. The fourth-order valence-electron chi connectivity index (χ4n) is 2.61. The fraction of sp³-hybridized carbons (Fsp3) is 0.0476. The number of hydrogen-bond donors (Lipinski definition) is 3. The second-order valence-electron chi connectivity index (χ2n) is 5.81. The minimum absolute atomic E-state index is 0.103. The van der Waals surface area contributed by atoms with Crippen LogP contribution in [0.1, 0.15) is 5.56 Å². The van der Waals surface area contributed by atoms with E-state index in [1.54, 1.807) is 48.5 Å². The lowest BCUT2D eigenvalue weighted by molar-refractivity contribution is -0.112. The topological polar surface area (TPSA) is 85.2 Å². The Labute approximate surface area is 155 Å². The molecule has 0 saturated heterocycles. The minimum Gasteiger partial charge on any atom is -0.507 e. The van der Waals surface area contributed by atoms with Gasteiger partial charge in [0, 0.05) is 29.2 Å². The number of carbonyl (C=O) groups excluding carboxylic acids is 1. The van der Waals surface area contributed by atoms with Crippen LogP contribution >= 0.6 is 0 Å². The van der Waals surface area contributed by atoms with Crippen LogP contribution in [0.15, 0.2) is 72.4 Å². The first-order valence-corrected chi connectivity index (χ1v) is 8.18. The zero-order valence-corrected chi connectivity index (χ0v) is 14.2. The third kappa shape index (κ3) is 4.22. The fourth-order valence-corrected chi connectivity index (χ4v) is 2.61. The molecule has 134 valence electrons. The van der Waals surface area contributed by atoms with Crippen molar-refractivity contribution in [3.05, 3.63) is 83.8 Å². The van der Waals surface area contributed by atoms with Crippen molar-refractivity contribution >= 4 is 22.4 Å². The van der Waals surface area contributed by atoms with Gasteiger partial charge in [-0.2, -0.15) is 5.26 Å². The van der Waals surface area contributed by atoms with Crippen molar-refractivity contribution in [2.75, 3.05) is 5.32 Å². The molecule has 0 aromatic heterocycles. The van der Waals surface area contributed by atoms with Crippen LogP contribution in [0.25, 0.3) is 10.8 Å². The molecule has 0 atom stereocenters. The highest BCUT2D eigenvalue weighted by molar-refractivity contribution is 6.11. The molecule has 0 aliphatic heterocycles. The van der Waals surface area contributed by atoms with Crippen molar-refractivity contribution in [1.29, 1.82) is 5.26 Å². The second-order valence-corrected chi connectivity index (χ2v) is 5.81. The first-order valence-electron chi connectivity index (χ1n) is 8.18. The van der Waals surface area contributed by atoms with Gasteiger partial charge in [0.25, 0.3) is 5.91 Å².